The third-order valence-corrected chi connectivity index (χ3v) is 1.36. The lowest BCUT2D eigenvalue weighted by Crippen LogP contribution is -2.34. The third kappa shape index (κ3) is 2.30. The van der Waals surface area contributed by atoms with Gasteiger partial charge in [0, 0.05) is 0 Å². The van der Waals surface area contributed by atoms with E-state index in [-0.39, 0.29) is 0 Å². The zero-order valence-corrected chi connectivity index (χ0v) is 6.68. The van der Waals surface area contributed by atoms with E-state index in [1.54, 1.807) is 0 Å². The highest BCUT2D eigenvalue weighted by atomic mass is 16.3. The molecule has 2 unspecified atom stereocenters. The highest BCUT2D eigenvalue weighted by Gasteiger charge is 2.31. The molecule has 0 aromatic heterocycles. The Morgan fingerprint density at radius 1 is 0.917 bits per heavy atom. The van der Waals surface area contributed by atoms with Crippen LogP contribution in [0.25, 0.3) is 0 Å². The summed E-state index contributed by atoms with van der Waals surface area (Å²) in [6.07, 6.45) is 0. The smallest absolute Gasteiger partial charge is 0.182 e. The molecule has 0 bridgehead atoms. The Bertz CT molecular complexity index is 202. The van der Waals surface area contributed by atoms with E-state index in [0.29, 0.717) is 0 Å². The van der Waals surface area contributed by atoms with E-state index in [1.807, 2.05) is 0 Å². The van der Waals surface area contributed by atoms with Gasteiger partial charge in [0.25, 0.3) is 0 Å². The average Bonchev–Trinajstić information content (AvgIpc) is 1.98. The summed E-state index contributed by atoms with van der Waals surface area (Å²) in [7, 11) is 0. The van der Waals surface area contributed by atoms with Gasteiger partial charge in [-0.1, -0.05) is 10.4 Å². The van der Waals surface area contributed by atoms with Gasteiger partial charge in [-0.15, -0.1) is 9.81 Å². The fourth-order valence-electron chi connectivity index (χ4n) is 0.708. The molecule has 0 heterocycles. The predicted molar refractivity (Wildman–Crippen MR) is 40.5 cm³/mol. The maximum Gasteiger partial charge on any atom is 0.182 e. The molecule has 0 fully saturated rings. The van der Waals surface area contributed by atoms with Gasteiger partial charge in [0.1, 0.15) is 0 Å². The Labute approximate surface area is 68.3 Å². The van der Waals surface area contributed by atoms with Crippen LogP contribution in [0.2, 0.25) is 0 Å². The number of Topliss-reactive ketones (excluding diaryl/α,β-unsaturated/α-hetero) is 2. The van der Waals surface area contributed by atoms with Crippen LogP contribution in [0.4, 0.5) is 0 Å². The second kappa shape index (κ2) is 4.42. The van der Waals surface area contributed by atoms with Crippen LogP contribution in [-0.2, 0) is 9.59 Å². The van der Waals surface area contributed by atoms with Crippen molar-refractivity contribution in [3.63, 3.8) is 0 Å². The topological polar surface area (TPSA) is 93.0 Å². The first-order valence-electron chi connectivity index (χ1n) is 3.20. The summed E-state index contributed by atoms with van der Waals surface area (Å²) in [5, 5.41) is 4.73. The molecule has 0 rings (SSSR count). The van der Waals surface area contributed by atoms with Crippen molar-refractivity contribution >= 4 is 11.6 Å². The van der Waals surface area contributed by atoms with Crippen molar-refractivity contribution in [2.45, 2.75) is 25.9 Å². The van der Waals surface area contributed by atoms with Crippen molar-refractivity contribution in [3.05, 3.63) is 9.81 Å². The largest absolute Gasteiger partial charge is 0.297 e. The Hall–Kier alpha value is -1.46. The minimum Gasteiger partial charge on any atom is -0.297 e. The molecule has 0 saturated carbocycles. The Balaban J connectivity index is 4.66. The number of rotatable bonds is 5. The van der Waals surface area contributed by atoms with Crippen LogP contribution >= 0.6 is 0 Å². The molecule has 12 heavy (non-hydrogen) atoms. The monoisotopic (exact) mass is 172 g/mol. The molecular formula is C6H8N2O4. The van der Waals surface area contributed by atoms with E-state index < -0.39 is 23.7 Å². The minimum absolute atomic E-state index is 0.634. The van der Waals surface area contributed by atoms with E-state index in [1.165, 1.54) is 0 Å². The molecule has 0 spiro atoms. The van der Waals surface area contributed by atoms with Crippen LogP contribution in [0.15, 0.2) is 10.4 Å². The van der Waals surface area contributed by atoms with Crippen molar-refractivity contribution in [1.29, 1.82) is 0 Å². The number of nitrogens with zero attached hydrogens (tertiary/aromatic N) is 2. The molecule has 2 atom stereocenters. The highest BCUT2D eigenvalue weighted by molar-refractivity contribution is 5.92. The van der Waals surface area contributed by atoms with Crippen molar-refractivity contribution in [1.82, 2.24) is 0 Å². The summed E-state index contributed by atoms with van der Waals surface area (Å²) < 4.78 is 0. The molecule has 0 aromatic rings. The van der Waals surface area contributed by atoms with Gasteiger partial charge >= 0.3 is 0 Å². The van der Waals surface area contributed by atoms with Crippen LogP contribution in [0.3, 0.4) is 0 Å². The Morgan fingerprint density at radius 3 is 1.25 bits per heavy atom. The number of hydrogen-bond acceptors (Lipinski definition) is 6. The number of nitroso groups, excluding NO2 is 2. The molecule has 0 amide bonds. The lowest BCUT2D eigenvalue weighted by Gasteiger charge is -2.07. The summed E-state index contributed by atoms with van der Waals surface area (Å²) in [5.41, 5.74) is 0. The van der Waals surface area contributed by atoms with Gasteiger partial charge in [-0.3, -0.25) is 9.59 Å². The van der Waals surface area contributed by atoms with E-state index in [4.69, 9.17) is 0 Å². The first kappa shape index (κ1) is 10.5. The van der Waals surface area contributed by atoms with E-state index in [9.17, 15) is 19.4 Å². The molecule has 0 radical (unpaired) electrons. The van der Waals surface area contributed by atoms with Crippen LogP contribution < -0.4 is 0 Å². The zero-order chi connectivity index (χ0) is 9.72. The minimum atomic E-state index is -1.47. The molecule has 0 aliphatic carbocycles. The first-order chi connectivity index (χ1) is 5.54. The number of carbonyl (C=O) groups is 2. The maximum atomic E-state index is 10.6. The van der Waals surface area contributed by atoms with Gasteiger partial charge in [0.15, 0.2) is 23.7 Å². The highest BCUT2D eigenvalue weighted by Crippen LogP contribution is 2.05. The Kier molecular flexibility index (Phi) is 3.89. The van der Waals surface area contributed by atoms with E-state index in [2.05, 4.69) is 10.4 Å². The Morgan fingerprint density at radius 2 is 1.17 bits per heavy atom. The second-order valence-electron chi connectivity index (χ2n) is 2.32. The fraction of sp³-hybridized carbons (Fsp3) is 0.667. The lowest BCUT2D eigenvalue weighted by atomic mass is 10.0. The van der Waals surface area contributed by atoms with Gasteiger partial charge < -0.3 is 0 Å². The molecular weight excluding hydrogens is 164 g/mol. The fourth-order valence-corrected chi connectivity index (χ4v) is 0.708. The molecule has 6 heteroatoms. The van der Waals surface area contributed by atoms with E-state index >= 15 is 0 Å². The van der Waals surface area contributed by atoms with Crippen LogP contribution in [0, 0.1) is 9.81 Å². The van der Waals surface area contributed by atoms with Crippen molar-refractivity contribution in [3.8, 4) is 0 Å². The summed E-state index contributed by atoms with van der Waals surface area (Å²) in [6, 6.07) is -2.94. The summed E-state index contributed by atoms with van der Waals surface area (Å²) in [5.74, 6) is -1.27. The summed E-state index contributed by atoms with van der Waals surface area (Å²) >= 11 is 0. The standard InChI is InChI=1S/C6H8N2O4/c1-3(9)5(7-11)6(8-12)4(2)10/h5-6H,1-2H3. The van der Waals surface area contributed by atoms with E-state index in [0.717, 1.165) is 13.8 Å². The SMILES string of the molecule is CC(=O)C(N=O)C(N=O)C(C)=O. The summed E-state index contributed by atoms with van der Waals surface area (Å²) in [6.45, 7) is 2.15. The zero-order valence-electron chi connectivity index (χ0n) is 6.68. The van der Waals surface area contributed by atoms with Crippen LogP contribution in [0.5, 0.6) is 0 Å². The predicted octanol–water partition coefficient (Wildman–Crippen LogP) is 0.434. The molecule has 0 N–H and O–H groups in total. The lowest BCUT2D eigenvalue weighted by molar-refractivity contribution is -0.124. The first-order valence-corrected chi connectivity index (χ1v) is 3.20. The number of carbonyl (C=O) groups excluding carboxylic acids is 2. The average molecular weight is 172 g/mol. The van der Waals surface area contributed by atoms with Gasteiger partial charge in [-0.05, 0) is 13.8 Å². The normalized spacial score (nSPS) is 14.5. The second-order valence-corrected chi connectivity index (χ2v) is 2.32. The van der Waals surface area contributed by atoms with Crippen LogP contribution in [-0.4, -0.2) is 23.7 Å². The van der Waals surface area contributed by atoms with Gasteiger partial charge in [0.05, 0.1) is 0 Å². The molecule has 0 saturated heterocycles. The molecule has 0 aliphatic heterocycles. The molecule has 6 nitrogen and oxygen atoms in total. The van der Waals surface area contributed by atoms with Crippen molar-refractivity contribution < 1.29 is 9.59 Å². The van der Waals surface area contributed by atoms with Crippen molar-refractivity contribution in [2.24, 2.45) is 10.4 Å². The third-order valence-electron chi connectivity index (χ3n) is 1.36. The van der Waals surface area contributed by atoms with Crippen molar-refractivity contribution in [2.75, 3.05) is 0 Å². The quantitative estimate of drug-likeness (QED) is 0.562. The molecule has 66 valence electrons. The van der Waals surface area contributed by atoms with Gasteiger partial charge in [-0.25, -0.2) is 0 Å². The van der Waals surface area contributed by atoms with Gasteiger partial charge in [-0.2, -0.15) is 0 Å². The van der Waals surface area contributed by atoms with Crippen LogP contribution in [0.1, 0.15) is 13.8 Å². The number of ketones is 2. The summed E-state index contributed by atoms with van der Waals surface area (Å²) in [4.78, 5) is 41.3. The number of hydrogen-bond donors (Lipinski definition) is 0. The molecule has 0 aromatic carbocycles. The maximum absolute atomic E-state index is 10.6. The van der Waals surface area contributed by atoms with Gasteiger partial charge in [0.2, 0.25) is 0 Å². The molecule has 0 aliphatic rings.